The van der Waals surface area contributed by atoms with Crippen LogP contribution in [0.5, 0.6) is 0 Å². The molecule has 0 atom stereocenters. The third kappa shape index (κ3) is 3.72. The SMILES string of the molecule is Cc1nc2c(c(NCCS(=O)(=O)c3ccc(F)cc3)n1)CCCC2. The summed E-state index contributed by atoms with van der Waals surface area (Å²) in [5.41, 5.74) is 2.17. The lowest BCUT2D eigenvalue weighted by atomic mass is 9.96. The number of aryl methyl sites for hydroxylation is 2. The second-order valence-corrected chi connectivity index (χ2v) is 8.06. The number of nitrogens with one attached hydrogen (secondary N) is 1. The van der Waals surface area contributed by atoms with Gasteiger partial charge in [0.05, 0.1) is 10.6 Å². The van der Waals surface area contributed by atoms with Gasteiger partial charge in [0.1, 0.15) is 17.5 Å². The fourth-order valence-electron chi connectivity index (χ4n) is 2.93. The van der Waals surface area contributed by atoms with Crippen molar-refractivity contribution in [3.63, 3.8) is 0 Å². The Morgan fingerprint density at radius 1 is 1.12 bits per heavy atom. The van der Waals surface area contributed by atoms with Crippen LogP contribution in [-0.2, 0) is 22.7 Å². The molecule has 0 bridgehead atoms. The lowest BCUT2D eigenvalue weighted by Crippen LogP contribution is -2.19. The monoisotopic (exact) mass is 349 g/mol. The highest BCUT2D eigenvalue weighted by Gasteiger charge is 2.18. The van der Waals surface area contributed by atoms with Crippen LogP contribution in [0.1, 0.15) is 29.9 Å². The lowest BCUT2D eigenvalue weighted by Gasteiger charge is -2.19. The van der Waals surface area contributed by atoms with Crippen molar-refractivity contribution in [2.75, 3.05) is 17.6 Å². The minimum atomic E-state index is -3.45. The van der Waals surface area contributed by atoms with E-state index in [1.807, 2.05) is 6.92 Å². The molecule has 1 aromatic carbocycles. The van der Waals surface area contributed by atoms with Gasteiger partial charge in [-0.25, -0.2) is 22.8 Å². The van der Waals surface area contributed by atoms with Gasteiger partial charge in [0.15, 0.2) is 9.84 Å². The van der Waals surface area contributed by atoms with Crippen molar-refractivity contribution in [3.05, 3.63) is 47.2 Å². The van der Waals surface area contributed by atoms with Crippen LogP contribution >= 0.6 is 0 Å². The molecule has 0 radical (unpaired) electrons. The summed E-state index contributed by atoms with van der Waals surface area (Å²) >= 11 is 0. The molecule has 7 heteroatoms. The normalized spacial score (nSPS) is 14.2. The molecule has 3 rings (SSSR count). The van der Waals surface area contributed by atoms with Gasteiger partial charge in [0, 0.05) is 17.8 Å². The van der Waals surface area contributed by atoms with Crippen molar-refractivity contribution >= 4 is 15.7 Å². The maximum absolute atomic E-state index is 12.9. The van der Waals surface area contributed by atoms with Gasteiger partial charge in [-0.05, 0) is 56.9 Å². The van der Waals surface area contributed by atoms with E-state index >= 15 is 0 Å². The van der Waals surface area contributed by atoms with Gasteiger partial charge in [-0.3, -0.25) is 0 Å². The number of benzene rings is 1. The van der Waals surface area contributed by atoms with Crippen LogP contribution in [0, 0.1) is 12.7 Å². The molecule has 0 unspecified atom stereocenters. The molecule has 1 aliphatic carbocycles. The molecule has 1 heterocycles. The van der Waals surface area contributed by atoms with Crippen molar-refractivity contribution in [3.8, 4) is 0 Å². The first-order chi connectivity index (χ1) is 11.5. The molecule has 2 aromatic rings. The van der Waals surface area contributed by atoms with E-state index in [1.165, 1.54) is 12.1 Å². The summed E-state index contributed by atoms with van der Waals surface area (Å²) in [5.74, 6) is 0.914. The van der Waals surface area contributed by atoms with Crippen molar-refractivity contribution in [1.29, 1.82) is 0 Å². The molecule has 24 heavy (non-hydrogen) atoms. The third-order valence-corrected chi connectivity index (χ3v) is 5.86. The van der Waals surface area contributed by atoms with E-state index in [4.69, 9.17) is 0 Å². The van der Waals surface area contributed by atoms with E-state index in [0.717, 1.165) is 54.9 Å². The van der Waals surface area contributed by atoms with Crippen LogP contribution in [0.25, 0.3) is 0 Å². The molecular formula is C17H20FN3O2S. The number of halogens is 1. The molecule has 0 aliphatic heterocycles. The first-order valence-electron chi connectivity index (χ1n) is 8.04. The highest BCUT2D eigenvalue weighted by atomic mass is 32.2. The largest absolute Gasteiger partial charge is 0.369 e. The van der Waals surface area contributed by atoms with Crippen LogP contribution in [0.3, 0.4) is 0 Å². The summed E-state index contributed by atoms with van der Waals surface area (Å²) in [7, 11) is -3.45. The average molecular weight is 349 g/mol. The van der Waals surface area contributed by atoms with Crippen molar-refractivity contribution < 1.29 is 12.8 Å². The van der Waals surface area contributed by atoms with Gasteiger partial charge in [-0.2, -0.15) is 0 Å². The van der Waals surface area contributed by atoms with Gasteiger partial charge in [-0.1, -0.05) is 0 Å². The average Bonchev–Trinajstić information content (AvgIpc) is 2.55. The number of rotatable bonds is 5. The number of aromatic nitrogens is 2. The lowest BCUT2D eigenvalue weighted by molar-refractivity contribution is 0.595. The Labute approximate surface area is 141 Å². The second kappa shape index (κ2) is 6.84. The Bertz CT molecular complexity index is 836. The Hall–Kier alpha value is -2.02. The van der Waals surface area contributed by atoms with E-state index in [-0.39, 0.29) is 17.2 Å². The fourth-order valence-corrected chi connectivity index (χ4v) is 4.08. The van der Waals surface area contributed by atoms with Gasteiger partial charge < -0.3 is 5.32 Å². The van der Waals surface area contributed by atoms with Gasteiger partial charge >= 0.3 is 0 Å². The van der Waals surface area contributed by atoms with Crippen molar-refractivity contribution in [1.82, 2.24) is 9.97 Å². The maximum atomic E-state index is 12.9. The zero-order valence-electron chi connectivity index (χ0n) is 13.5. The first-order valence-corrected chi connectivity index (χ1v) is 9.69. The Balaban J connectivity index is 1.70. The quantitative estimate of drug-likeness (QED) is 0.840. The molecule has 1 N–H and O–H groups in total. The summed E-state index contributed by atoms with van der Waals surface area (Å²) in [5, 5.41) is 3.15. The summed E-state index contributed by atoms with van der Waals surface area (Å²) < 4.78 is 37.5. The standard InChI is InChI=1S/C17H20FN3O2S/c1-12-20-16-5-3-2-4-15(16)17(21-12)19-10-11-24(22,23)14-8-6-13(18)7-9-14/h6-9H,2-5,10-11H2,1H3,(H,19,20,21). The fraction of sp³-hybridized carbons (Fsp3) is 0.412. The van der Waals surface area contributed by atoms with Crippen LogP contribution in [-0.4, -0.2) is 30.7 Å². The predicted octanol–water partition coefficient (Wildman–Crippen LogP) is 2.69. The number of hydrogen-bond acceptors (Lipinski definition) is 5. The summed E-state index contributed by atoms with van der Waals surface area (Å²) in [6, 6.07) is 4.90. The van der Waals surface area contributed by atoms with Crippen LogP contribution in [0.15, 0.2) is 29.2 Å². The Kier molecular flexibility index (Phi) is 4.80. The second-order valence-electron chi connectivity index (χ2n) is 5.95. The van der Waals surface area contributed by atoms with E-state index < -0.39 is 15.7 Å². The van der Waals surface area contributed by atoms with Crippen molar-refractivity contribution in [2.45, 2.75) is 37.5 Å². The highest BCUT2D eigenvalue weighted by Crippen LogP contribution is 2.25. The topological polar surface area (TPSA) is 72.0 Å². The zero-order chi connectivity index (χ0) is 17.2. The van der Waals surface area contributed by atoms with Gasteiger partial charge in [0.25, 0.3) is 0 Å². The van der Waals surface area contributed by atoms with Crippen LogP contribution in [0.2, 0.25) is 0 Å². The molecule has 0 saturated heterocycles. The van der Waals surface area contributed by atoms with E-state index in [1.54, 1.807) is 0 Å². The number of hydrogen-bond donors (Lipinski definition) is 1. The molecule has 0 amide bonds. The van der Waals surface area contributed by atoms with E-state index in [0.29, 0.717) is 5.82 Å². The molecule has 128 valence electrons. The van der Waals surface area contributed by atoms with Crippen LogP contribution in [0.4, 0.5) is 10.2 Å². The number of sulfone groups is 1. The van der Waals surface area contributed by atoms with Crippen molar-refractivity contribution in [2.24, 2.45) is 0 Å². The minimum absolute atomic E-state index is 0.0730. The first kappa shape index (κ1) is 16.8. The van der Waals surface area contributed by atoms with Gasteiger partial charge in [-0.15, -0.1) is 0 Å². The molecule has 0 spiro atoms. The summed E-state index contributed by atoms with van der Waals surface area (Å²) in [4.78, 5) is 9.04. The third-order valence-electron chi connectivity index (χ3n) is 4.13. The predicted molar refractivity (Wildman–Crippen MR) is 90.4 cm³/mol. The molecule has 1 aliphatic rings. The Morgan fingerprint density at radius 3 is 2.58 bits per heavy atom. The van der Waals surface area contributed by atoms with E-state index in [2.05, 4.69) is 15.3 Å². The molecular weight excluding hydrogens is 329 g/mol. The molecule has 5 nitrogen and oxygen atoms in total. The molecule has 0 fully saturated rings. The number of fused-ring (bicyclic) bond motifs is 1. The molecule has 0 saturated carbocycles. The highest BCUT2D eigenvalue weighted by molar-refractivity contribution is 7.91. The summed E-state index contributed by atoms with van der Waals surface area (Å²) in [6.07, 6.45) is 4.09. The zero-order valence-corrected chi connectivity index (χ0v) is 14.4. The molecule has 1 aromatic heterocycles. The van der Waals surface area contributed by atoms with E-state index in [9.17, 15) is 12.8 Å². The summed E-state index contributed by atoms with van der Waals surface area (Å²) in [6.45, 7) is 2.10. The smallest absolute Gasteiger partial charge is 0.180 e. The minimum Gasteiger partial charge on any atom is -0.369 e. The number of nitrogens with zero attached hydrogens (tertiary/aromatic N) is 2. The maximum Gasteiger partial charge on any atom is 0.180 e. The van der Waals surface area contributed by atoms with Gasteiger partial charge in [0.2, 0.25) is 0 Å². The number of anilines is 1. The Morgan fingerprint density at radius 2 is 1.83 bits per heavy atom. The van der Waals surface area contributed by atoms with Crippen LogP contribution < -0.4 is 5.32 Å².